The van der Waals surface area contributed by atoms with Gasteiger partial charge in [-0.3, -0.25) is 0 Å². The summed E-state index contributed by atoms with van der Waals surface area (Å²) in [5.41, 5.74) is 2.33. The molecule has 4 atom stereocenters. The molecule has 0 radical (unpaired) electrons. The molecule has 0 aliphatic carbocycles. The van der Waals surface area contributed by atoms with Gasteiger partial charge in [0, 0.05) is 0 Å². The predicted octanol–water partition coefficient (Wildman–Crippen LogP) is 2.95. The van der Waals surface area contributed by atoms with Crippen LogP contribution in [0.3, 0.4) is 0 Å². The van der Waals surface area contributed by atoms with Crippen molar-refractivity contribution in [3.63, 3.8) is 0 Å². The van der Waals surface area contributed by atoms with Crippen LogP contribution in [0.15, 0.2) is 60.7 Å². The van der Waals surface area contributed by atoms with Crippen molar-refractivity contribution in [2.75, 3.05) is 13.2 Å². The molecular weight excluding hydrogens is 304 g/mol. The summed E-state index contributed by atoms with van der Waals surface area (Å²) < 4.78 is 23.8. The Bertz CT molecular complexity index is 573. The van der Waals surface area contributed by atoms with Gasteiger partial charge in [-0.15, -0.1) is 0 Å². The Hall–Kier alpha value is -1.72. The fraction of sp³-hybridized carbons (Fsp3) is 0.400. The number of hydrogen-bond donors (Lipinski definition) is 0. The third-order valence-electron chi connectivity index (χ3n) is 4.58. The van der Waals surface area contributed by atoms with Crippen LogP contribution in [0.2, 0.25) is 0 Å². The lowest BCUT2D eigenvalue weighted by molar-refractivity contribution is -0.0580. The minimum absolute atomic E-state index is 0.0273. The number of hydrogen-bond acceptors (Lipinski definition) is 4. The van der Waals surface area contributed by atoms with Crippen molar-refractivity contribution < 1.29 is 18.9 Å². The Labute approximate surface area is 142 Å². The van der Waals surface area contributed by atoms with Crippen LogP contribution in [-0.4, -0.2) is 37.6 Å². The van der Waals surface area contributed by atoms with Gasteiger partial charge in [0.25, 0.3) is 0 Å². The molecule has 4 heteroatoms. The highest BCUT2D eigenvalue weighted by Crippen LogP contribution is 2.31. The van der Waals surface area contributed by atoms with Crippen LogP contribution in [0.1, 0.15) is 11.1 Å². The molecule has 0 aromatic heterocycles. The molecule has 0 saturated carbocycles. The molecule has 0 unspecified atom stereocenters. The van der Waals surface area contributed by atoms with Gasteiger partial charge < -0.3 is 18.9 Å². The summed E-state index contributed by atoms with van der Waals surface area (Å²) in [7, 11) is 0. The van der Waals surface area contributed by atoms with E-state index in [9.17, 15) is 0 Å². The first-order valence-electron chi connectivity index (χ1n) is 8.44. The topological polar surface area (TPSA) is 36.9 Å². The predicted molar refractivity (Wildman–Crippen MR) is 89.5 cm³/mol. The standard InChI is InChI=1S/C20H22O4/c1-3-7-15(8-4-1)11-21-17-13-23-20-18(14-24-19(17)20)22-12-16-9-5-2-6-10-16/h1-10,17-20H,11-14H2/t17-,18+,19-,20-/m0/s1. The minimum Gasteiger partial charge on any atom is -0.370 e. The highest BCUT2D eigenvalue weighted by Gasteiger charge is 2.48. The van der Waals surface area contributed by atoms with Crippen molar-refractivity contribution in [3.05, 3.63) is 71.8 Å². The van der Waals surface area contributed by atoms with Crippen LogP contribution >= 0.6 is 0 Å². The number of benzene rings is 2. The van der Waals surface area contributed by atoms with E-state index in [0.29, 0.717) is 26.4 Å². The lowest BCUT2D eigenvalue weighted by Crippen LogP contribution is -2.34. The van der Waals surface area contributed by atoms with Gasteiger partial charge in [0.05, 0.1) is 26.4 Å². The van der Waals surface area contributed by atoms with Crippen LogP contribution in [0.25, 0.3) is 0 Å². The molecule has 4 rings (SSSR count). The fourth-order valence-corrected chi connectivity index (χ4v) is 3.27. The third-order valence-corrected chi connectivity index (χ3v) is 4.58. The lowest BCUT2D eigenvalue weighted by atomic mass is 10.1. The number of rotatable bonds is 6. The van der Waals surface area contributed by atoms with Crippen molar-refractivity contribution in [1.82, 2.24) is 0 Å². The van der Waals surface area contributed by atoms with Crippen molar-refractivity contribution in [2.24, 2.45) is 0 Å². The summed E-state index contributed by atoms with van der Waals surface area (Å²) in [6.07, 6.45) is -0.120. The Morgan fingerprint density at radius 2 is 1.08 bits per heavy atom. The molecule has 2 heterocycles. The average Bonchev–Trinajstić information content (AvgIpc) is 3.22. The molecule has 2 aromatic rings. The Morgan fingerprint density at radius 1 is 0.667 bits per heavy atom. The van der Waals surface area contributed by atoms with E-state index in [-0.39, 0.29) is 24.4 Å². The molecule has 2 aliphatic heterocycles. The molecule has 0 amide bonds. The lowest BCUT2D eigenvalue weighted by Gasteiger charge is -2.17. The average molecular weight is 326 g/mol. The molecule has 2 saturated heterocycles. The van der Waals surface area contributed by atoms with Crippen molar-refractivity contribution >= 4 is 0 Å². The highest BCUT2D eigenvalue weighted by atomic mass is 16.6. The largest absolute Gasteiger partial charge is 0.370 e. The van der Waals surface area contributed by atoms with Crippen LogP contribution in [0, 0.1) is 0 Å². The summed E-state index contributed by atoms with van der Waals surface area (Å²) in [6, 6.07) is 20.4. The van der Waals surface area contributed by atoms with Gasteiger partial charge in [0.1, 0.15) is 24.4 Å². The molecule has 0 spiro atoms. The summed E-state index contributed by atoms with van der Waals surface area (Å²) >= 11 is 0. The van der Waals surface area contributed by atoms with Crippen LogP contribution in [0.5, 0.6) is 0 Å². The maximum atomic E-state index is 6.01. The van der Waals surface area contributed by atoms with Gasteiger partial charge in [-0.1, -0.05) is 60.7 Å². The number of fused-ring (bicyclic) bond motifs is 1. The van der Waals surface area contributed by atoms with Crippen LogP contribution in [0.4, 0.5) is 0 Å². The van der Waals surface area contributed by atoms with Gasteiger partial charge in [-0.2, -0.15) is 0 Å². The first-order valence-corrected chi connectivity index (χ1v) is 8.44. The van der Waals surface area contributed by atoms with E-state index in [2.05, 4.69) is 24.3 Å². The fourth-order valence-electron chi connectivity index (χ4n) is 3.27. The zero-order chi connectivity index (χ0) is 16.2. The quantitative estimate of drug-likeness (QED) is 0.818. The summed E-state index contributed by atoms with van der Waals surface area (Å²) in [4.78, 5) is 0. The second-order valence-electron chi connectivity index (χ2n) is 6.27. The molecule has 2 aromatic carbocycles. The first kappa shape index (κ1) is 15.8. The van der Waals surface area contributed by atoms with E-state index in [0.717, 1.165) is 11.1 Å². The van der Waals surface area contributed by atoms with Gasteiger partial charge >= 0.3 is 0 Å². The second-order valence-corrected chi connectivity index (χ2v) is 6.27. The SMILES string of the molecule is c1ccc(CO[C@H]2CO[C@@H]3[C@H]2OC[C@H]3OCc2ccccc2)cc1. The van der Waals surface area contributed by atoms with E-state index < -0.39 is 0 Å². The van der Waals surface area contributed by atoms with E-state index in [1.165, 1.54) is 0 Å². The van der Waals surface area contributed by atoms with Gasteiger partial charge in [0.15, 0.2) is 0 Å². The molecule has 0 N–H and O–H groups in total. The highest BCUT2D eigenvalue weighted by molar-refractivity contribution is 5.14. The zero-order valence-electron chi connectivity index (χ0n) is 13.5. The Morgan fingerprint density at radius 3 is 1.50 bits per heavy atom. The van der Waals surface area contributed by atoms with E-state index in [1.807, 2.05) is 36.4 Å². The molecule has 4 nitrogen and oxygen atoms in total. The van der Waals surface area contributed by atoms with E-state index in [1.54, 1.807) is 0 Å². The molecular formula is C20H22O4. The minimum atomic E-state index is -0.0329. The molecule has 2 aliphatic rings. The Balaban J connectivity index is 1.29. The normalized spacial score (nSPS) is 28.8. The van der Waals surface area contributed by atoms with Crippen molar-refractivity contribution in [1.29, 1.82) is 0 Å². The van der Waals surface area contributed by atoms with E-state index >= 15 is 0 Å². The maximum Gasteiger partial charge on any atom is 0.115 e. The monoisotopic (exact) mass is 326 g/mol. The third kappa shape index (κ3) is 3.52. The van der Waals surface area contributed by atoms with Crippen molar-refractivity contribution in [3.8, 4) is 0 Å². The summed E-state index contributed by atoms with van der Waals surface area (Å²) in [5.74, 6) is 0. The molecule has 24 heavy (non-hydrogen) atoms. The molecule has 0 bridgehead atoms. The van der Waals surface area contributed by atoms with Gasteiger partial charge in [0.2, 0.25) is 0 Å². The maximum absolute atomic E-state index is 6.01. The van der Waals surface area contributed by atoms with Gasteiger partial charge in [-0.05, 0) is 11.1 Å². The van der Waals surface area contributed by atoms with Gasteiger partial charge in [-0.25, -0.2) is 0 Å². The van der Waals surface area contributed by atoms with E-state index in [4.69, 9.17) is 18.9 Å². The smallest absolute Gasteiger partial charge is 0.115 e. The molecule has 126 valence electrons. The van der Waals surface area contributed by atoms with Crippen LogP contribution in [-0.2, 0) is 32.2 Å². The summed E-state index contributed by atoms with van der Waals surface area (Å²) in [6.45, 7) is 2.29. The second kappa shape index (κ2) is 7.45. The van der Waals surface area contributed by atoms with Crippen molar-refractivity contribution in [2.45, 2.75) is 37.6 Å². The zero-order valence-corrected chi connectivity index (χ0v) is 13.5. The summed E-state index contributed by atoms with van der Waals surface area (Å²) in [5, 5.41) is 0. The first-order chi connectivity index (χ1) is 11.9. The van der Waals surface area contributed by atoms with Crippen LogP contribution < -0.4 is 0 Å². The molecule has 2 fully saturated rings. The number of ether oxygens (including phenoxy) is 4. The Kier molecular flexibility index (Phi) is 4.90.